The fraction of sp³-hybridized carbons (Fsp3) is 0.493. The van der Waals surface area contributed by atoms with Gasteiger partial charge in [0.25, 0.3) is 0 Å². The van der Waals surface area contributed by atoms with Gasteiger partial charge in [0, 0.05) is 11.8 Å². The molecule has 150 heavy (non-hydrogen) atoms. The summed E-state index contributed by atoms with van der Waals surface area (Å²) in [5.41, 5.74) is 38.1. The summed E-state index contributed by atoms with van der Waals surface area (Å²) in [5, 5.41) is 0. The van der Waals surface area contributed by atoms with Crippen LogP contribution in [0.25, 0.3) is 89.1 Å². The number of hydrogen-bond acceptors (Lipinski definition) is 0. The van der Waals surface area contributed by atoms with Crippen LogP contribution in [0.3, 0.4) is 0 Å². The van der Waals surface area contributed by atoms with Gasteiger partial charge in [-0.1, -0.05) is 679 Å². The van der Waals surface area contributed by atoms with Gasteiger partial charge in [-0.3, -0.25) is 0 Å². The average Bonchev–Trinajstić information content (AvgIpc) is 0.692. The number of allylic oxidation sites excluding steroid dienone is 4. The van der Waals surface area contributed by atoms with Gasteiger partial charge in [0.05, 0.1) is 0 Å². The van der Waals surface area contributed by atoms with E-state index in [-0.39, 0.29) is 11.8 Å². The Labute approximate surface area is 917 Å². The van der Waals surface area contributed by atoms with Gasteiger partial charge < -0.3 is 0 Å². The van der Waals surface area contributed by atoms with Crippen molar-refractivity contribution in [1.29, 1.82) is 0 Å². The summed E-state index contributed by atoms with van der Waals surface area (Å²) >= 11 is 0. The van der Waals surface area contributed by atoms with Crippen molar-refractivity contribution in [2.24, 2.45) is 0 Å². The summed E-state index contributed by atoms with van der Waals surface area (Å²) in [6.07, 6.45) is 84.5. The summed E-state index contributed by atoms with van der Waals surface area (Å²) in [7, 11) is 0. The van der Waals surface area contributed by atoms with Crippen molar-refractivity contribution in [3.05, 3.63) is 358 Å². The van der Waals surface area contributed by atoms with Crippen molar-refractivity contribution >= 4 is 22.3 Å². The van der Waals surface area contributed by atoms with Crippen LogP contribution in [-0.4, -0.2) is 0 Å². The molecule has 0 heteroatoms. The third kappa shape index (κ3) is 38.4. The first-order chi connectivity index (χ1) is 74.4. The van der Waals surface area contributed by atoms with Crippen LogP contribution in [0, 0.1) is 0 Å². The summed E-state index contributed by atoms with van der Waals surface area (Å²) in [6.45, 7) is 14.1. The standard InChI is InChI=1S/C150H200/c1-7-13-19-25-31-37-43-49-55-67-85-121-103-109-133(127-91-73-61-74-92-127)139(115-121)145-146(140-116-122(104-110-134(140)128-93-75-62-76-94-128)86-68-56-50-44-38-32-26-20-14-8-2)148(142-118-124(106-112-136(142)130-97-79-64-80-98-130)88-70-58-52-46-40-34-28-22-16-10-4)150(144-120-126(108-114-138(144)132-101-83-66-84-102-132)90-72-60-54-48-42-36-30-24-18-12-6)149(143-119-125(107-113-137(143)131-99-81-65-82-100-131)89-71-59-53-47-41-35-29-23-17-11-5)147(145)141-117-123(105-111-135(141)129-95-77-63-78-96-129)87-69-57-51-45-39-33-27-21-15-9-3/h61-66,73-84,91-120,145-146H,7-60,67-72,85-90H2,1-6H3. The van der Waals surface area contributed by atoms with Crippen LogP contribution < -0.4 is 0 Å². The van der Waals surface area contributed by atoms with Crippen LogP contribution in [0.4, 0.5) is 0 Å². The Morgan fingerprint density at radius 3 is 0.460 bits per heavy atom. The number of benzene rings is 12. The van der Waals surface area contributed by atoms with Gasteiger partial charge in [0.2, 0.25) is 0 Å². The Kier molecular flexibility index (Phi) is 55.0. The Balaban J connectivity index is 1.22. The molecule has 0 N–H and O–H groups in total. The van der Waals surface area contributed by atoms with Gasteiger partial charge in [0.1, 0.15) is 0 Å². The van der Waals surface area contributed by atoms with Crippen LogP contribution in [0.5, 0.6) is 0 Å². The van der Waals surface area contributed by atoms with Gasteiger partial charge in [-0.25, -0.2) is 0 Å². The molecule has 0 fully saturated rings. The maximum absolute atomic E-state index is 2.88. The Morgan fingerprint density at radius 2 is 0.273 bits per heavy atom. The number of rotatable bonds is 78. The molecule has 2 atom stereocenters. The van der Waals surface area contributed by atoms with Gasteiger partial charge in [-0.05, 0) is 233 Å². The second-order valence-electron chi connectivity index (χ2n) is 45.7. The Bertz CT molecular complexity index is 5360. The molecule has 0 nitrogen and oxygen atoms in total. The van der Waals surface area contributed by atoms with E-state index in [4.69, 9.17) is 0 Å². The molecule has 13 rings (SSSR count). The molecule has 12 aromatic carbocycles. The van der Waals surface area contributed by atoms with Crippen molar-refractivity contribution in [3.8, 4) is 66.8 Å². The van der Waals surface area contributed by atoms with Crippen LogP contribution in [-0.2, 0) is 38.5 Å². The van der Waals surface area contributed by atoms with Gasteiger partial charge >= 0.3 is 0 Å². The second kappa shape index (κ2) is 70.4. The summed E-state index contributed by atoms with van der Waals surface area (Å²) in [4.78, 5) is 0. The van der Waals surface area contributed by atoms with E-state index in [9.17, 15) is 0 Å². The van der Waals surface area contributed by atoms with Crippen LogP contribution in [0.15, 0.2) is 291 Å². The molecule has 0 saturated heterocycles. The van der Waals surface area contributed by atoms with Crippen molar-refractivity contribution < 1.29 is 0 Å². The lowest BCUT2D eigenvalue weighted by molar-refractivity contribution is 0.556. The summed E-state index contributed by atoms with van der Waals surface area (Å²) in [6, 6.07) is 120. The van der Waals surface area contributed by atoms with E-state index in [1.54, 1.807) is 0 Å². The van der Waals surface area contributed by atoms with E-state index in [2.05, 4.69) is 333 Å². The molecule has 2 unspecified atom stereocenters. The van der Waals surface area contributed by atoms with Crippen molar-refractivity contribution in [2.75, 3.05) is 0 Å². The highest BCUT2D eigenvalue weighted by Gasteiger charge is 2.46. The van der Waals surface area contributed by atoms with E-state index in [0.717, 1.165) is 77.0 Å². The van der Waals surface area contributed by atoms with Crippen LogP contribution >= 0.6 is 0 Å². The lowest BCUT2D eigenvalue weighted by Crippen LogP contribution is -2.25. The summed E-state index contributed by atoms with van der Waals surface area (Å²) in [5.74, 6) is -0.657. The zero-order chi connectivity index (χ0) is 104. The first kappa shape index (κ1) is 117. The Hall–Kier alpha value is -9.88. The largest absolute Gasteiger partial charge is 0.0654 e. The predicted molar refractivity (Wildman–Crippen MR) is 664 cm³/mol. The van der Waals surface area contributed by atoms with Crippen molar-refractivity contribution in [2.45, 2.75) is 477 Å². The SMILES string of the molecule is CCCCCCCCCCCCc1ccc(-c2ccccc2)c(C2=C(c3cc(CCCCCCCCCCCC)ccc3-c3ccccc3)C(c3cc(CCCCCCCCCCCC)ccc3-c3ccccc3)C(c3cc(CCCCCCCCCCCC)ccc3-c3ccccc3)C(c3cc(CCCCCCCCCCCC)ccc3-c3ccccc3)=C2c2cc(CCCCCCCCCCCC)ccc2-c2ccccc2)c1. The van der Waals surface area contributed by atoms with Crippen molar-refractivity contribution in [1.82, 2.24) is 0 Å². The van der Waals surface area contributed by atoms with E-state index < -0.39 is 0 Å². The fourth-order valence-corrected chi connectivity index (χ4v) is 24.8. The maximum Gasteiger partial charge on any atom is 0.0218 e. The highest BCUT2D eigenvalue weighted by Crippen LogP contribution is 2.66. The second-order valence-corrected chi connectivity index (χ2v) is 45.7. The average molecular weight is 2000 g/mol. The third-order valence-corrected chi connectivity index (χ3v) is 33.5. The van der Waals surface area contributed by atoms with E-state index in [0.29, 0.717) is 0 Å². The molecule has 0 radical (unpaired) electrons. The van der Waals surface area contributed by atoms with Crippen molar-refractivity contribution in [3.63, 3.8) is 0 Å². The van der Waals surface area contributed by atoms with E-state index in [1.165, 1.54) is 503 Å². The van der Waals surface area contributed by atoms with Crippen LogP contribution in [0.2, 0.25) is 0 Å². The minimum atomic E-state index is -0.329. The molecule has 0 heterocycles. The topological polar surface area (TPSA) is 0 Å². The molecule has 0 bridgehead atoms. The fourth-order valence-electron chi connectivity index (χ4n) is 24.8. The normalized spacial score (nSPS) is 13.2. The van der Waals surface area contributed by atoms with Gasteiger partial charge in [0.15, 0.2) is 0 Å². The van der Waals surface area contributed by atoms with E-state index in [1.807, 2.05) is 0 Å². The molecule has 0 aromatic heterocycles. The minimum absolute atomic E-state index is 0.329. The molecular weight excluding hydrogens is 1800 g/mol. The van der Waals surface area contributed by atoms with Gasteiger partial charge in [-0.2, -0.15) is 0 Å². The predicted octanol–water partition coefficient (Wildman–Crippen LogP) is 47.6. The summed E-state index contributed by atoms with van der Waals surface area (Å²) < 4.78 is 0. The molecule has 0 amide bonds. The monoisotopic (exact) mass is 2000 g/mol. The molecule has 800 valence electrons. The molecule has 0 saturated carbocycles. The zero-order valence-electron chi connectivity index (χ0n) is 95.5. The first-order valence-electron chi connectivity index (χ1n) is 63.0. The molecule has 0 aliphatic heterocycles. The Morgan fingerprint density at radius 1 is 0.127 bits per heavy atom. The maximum atomic E-state index is 2.88. The number of aryl methyl sites for hydroxylation is 6. The van der Waals surface area contributed by atoms with Gasteiger partial charge in [-0.15, -0.1) is 0 Å². The minimum Gasteiger partial charge on any atom is -0.0654 e. The number of unbranched alkanes of at least 4 members (excludes halogenated alkanes) is 54. The molecule has 1 aliphatic rings. The highest BCUT2D eigenvalue weighted by molar-refractivity contribution is 6.29. The lowest BCUT2D eigenvalue weighted by atomic mass is 9.58. The molecule has 1 aliphatic carbocycles. The zero-order valence-corrected chi connectivity index (χ0v) is 95.5. The number of hydrogen-bond donors (Lipinski definition) is 0. The smallest absolute Gasteiger partial charge is 0.0218 e. The lowest BCUT2D eigenvalue weighted by Gasteiger charge is -2.44. The third-order valence-electron chi connectivity index (χ3n) is 33.5. The van der Waals surface area contributed by atoms with Crippen LogP contribution in [0.1, 0.15) is 505 Å². The molecule has 12 aromatic rings. The molecular formula is C150H200. The van der Waals surface area contributed by atoms with E-state index >= 15 is 0 Å². The quantitative estimate of drug-likeness (QED) is 0.0333. The molecule has 0 spiro atoms. The highest BCUT2D eigenvalue weighted by atomic mass is 14.5. The first-order valence-corrected chi connectivity index (χ1v) is 63.0.